The van der Waals surface area contributed by atoms with Gasteiger partial charge in [-0.1, -0.05) is 26.0 Å². The van der Waals surface area contributed by atoms with Crippen molar-refractivity contribution in [3.05, 3.63) is 76.8 Å². The van der Waals surface area contributed by atoms with Crippen molar-refractivity contribution >= 4 is 11.7 Å². The first kappa shape index (κ1) is 25.7. The van der Waals surface area contributed by atoms with Crippen LogP contribution in [0.15, 0.2) is 42.6 Å². The number of fused-ring (bicyclic) bond motifs is 3. The van der Waals surface area contributed by atoms with Crippen LogP contribution in [0.4, 0.5) is 4.39 Å². The molecule has 1 fully saturated rings. The van der Waals surface area contributed by atoms with E-state index in [0.29, 0.717) is 42.9 Å². The molecule has 1 N–H and O–H groups in total. The third-order valence-electron chi connectivity index (χ3n) is 8.18. The van der Waals surface area contributed by atoms with Gasteiger partial charge in [0.05, 0.1) is 11.4 Å². The molecule has 1 saturated carbocycles. The highest BCUT2D eigenvalue weighted by Crippen LogP contribution is 2.52. The van der Waals surface area contributed by atoms with Crippen molar-refractivity contribution in [2.75, 3.05) is 6.54 Å². The Balaban J connectivity index is 1.68. The zero-order valence-electron chi connectivity index (χ0n) is 21.8. The fourth-order valence-electron chi connectivity index (χ4n) is 6.28. The molecule has 0 saturated heterocycles. The monoisotopic (exact) mass is 511 g/mol. The topological polar surface area (TPSA) is 89.2 Å². The van der Waals surface area contributed by atoms with E-state index in [1.807, 2.05) is 19.1 Å². The van der Waals surface area contributed by atoms with Crippen LogP contribution in [0.25, 0.3) is 27.5 Å². The second-order valence-corrected chi connectivity index (χ2v) is 10.6. The normalized spacial score (nSPS) is 24.2. The summed E-state index contributed by atoms with van der Waals surface area (Å²) in [5.41, 5.74) is 3.67. The number of halogens is 1. The number of hydrogen-bond acceptors (Lipinski definition) is 5. The first-order valence-corrected chi connectivity index (χ1v) is 13.0. The third kappa shape index (κ3) is 4.47. The number of carbonyl (C=O) groups excluding carboxylic acids is 2. The zero-order chi connectivity index (χ0) is 27.0. The Labute approximate surface area is 221 Å². The van der Waals surface area contributed by atoms with Crippen LogP contribution >= 0.6 is 0 Å². The van der Waals surface area contributed by atoms with E-state index in [4.69, 9.17) is 16.5 Å². The van der Waals surface area contributed by atoms with Gasteiger partial charge in [0.25, 0.3) is 6.04 Å². The average Bonchev–Trinajstić information content (AvgIpc) is 2.90. The maximum atomic E-state index is 15.1. The van der Waals surface area contributed by atoms with E-state index in [2.05, 4.69) is 22.1 Å². The molecule has 5 rings (SSSR count). The molecule has 0 aliphatic heterocycles. The van der Waals surface area contributed by atoms with E-state index in [-0.39, 0.29) is 29.3 Å². The second-order valence-electron chi connectivity index (χ2n) is 10.6. The zero-order valence-corrected chi connectivity index (χ0v) is 21.8. The van der Waals surface area contributed by atoms with Gasteiger partial charge in [-0.05, 0) is 43.0 Å². The molecular formula is C30H30FN5O2. The van der Waals surface area contributed by atoms with Crippen LogP contribution in [0.3, 0.4) is 0 Å². The summed E-state index contributed by atoms with van der Waals surface area (Å²) < 4.78 is 15.1. The van der Waals surface area contributed by atoms with E-state index in [1.165, 1.54) is 13.0 Å². The number of nitrogens with zero attached hydrogens (tertiary/aromatic N) is 4. The van der Waals surface area contributed by atoms with Crippen molar-refractivity contribution in [2.24, 2.45) is 11.8 Å². The summed E-state index contributed by atoms with van der Waals surface area (Å²) in [5.74, 6) is -0.207. The predicted octanol–water partition coefficient (Wildman–Crippen LogP) is 4.74. The fraction of sp³-hybridized carbons (Fsp3) is 0.400. The molecule has 7 nitrogen and oxygen atoms in total. The first-order chi connectivity index (χ1) is 18.2. The van der Waals surface area contributed by atoms with Gasteiger partial charge in [0.15, 0.2) is 5.82 Å². The SMILES string of the molecule is [C-]#[N+]C1C[C@@]2(C)c3nc(-c4ccnc(CCNC(C)=O)c4)nc(-c4ccccc4F)c3CC[C@@H]2[C@@H](C)C1=O. The molecule has 38 heavy (non-hydrogen) atoms. The fourth-order valence-corrected chi connectivity index (χ4v) is 6.28. The summed E-state index contributed by atoms with van der Waals surface area (Å²) in [7, 11) is 0. The third-order valence-corrected chi connectivity index (χ3v) is 8.18. The minimum Gasteiger partial charge on any atom is -0.356 e. The number of aromatic nitrogens is 3. The van der Waals surface area contributed by atoms with Crippen molar-refractivity contribution in [3.8, 4) is 22.6 Å². The highest BCUT2D eigenvalue weighted by Gasteiger charge is 2.55. The maximum absolute atomic E-state index is 15.1. The quantitative estimate of drug-likeness (QED) is 0.500. The number of carbonyl (C=O) groups is 2. The number of amides is 1. The van der Waals surface area contributed by atoms with E-state index >= 15 is 4.39 Å². The molecule has 4 atom stereocenters. The minimum absolute atomic E-state index is 0.00692. The Morgan fingerprint density at radius 3 is 2.79 bits per heavy atom. The first-order valence-electron chi connectivity index (χ1n) is 13.0. The molecule has 194 valence electrons. The van der Waals surface area contributed by atoms with Crippen LogP contribution in [0.5, 0.6) is 0 Å². The molecule has 8 heteroatoms. The van der Waals surface area contributed by atoms with Gasteiger partial charge in [-0.15, -0.1) is 0 Å². The number of Topliss-reactive ketones (excluding diaryl/α,β-unsaturated/α-hetero) is 1. The van der Waals surface area contributed by atoms with Gasteiger partial charge in [0, 0.05) is 66.2 Å². The lowest BCUT2D eigenvalue weighted by atomic mass is 9.55. The Morgan fingerprint density at radius 1 is 1.26 bits per heavy atom. The molecule has 2 aliphatic carbocycles. The molecule has 2 heterocycles. The largest absolute Gasteiger partial charge is 0.356 e. The standard InChI is InChI=1S/C30H30FN5O2/c1-17-23-10-9-22-26(21-7-5-6-8-24(21)31)35-29(19-11-13-34-20(15-19)12-14-33-18(2)37)36-28(22)30(23,3)16-25(32-4)27(17)38/h5-8,11,13,15,17,23,25H,9-10,12,14,16H2,1-3H3,(H,33,37)/t17-,23-,25?,30-/m1/s1. The number of hydrogen-bond donors (Lipinski definition) is 1. The molecule has 0 bridgehead atoms. The number of nitrogens with one attached hydrogen (secondary N) is 1. The van der Waals surface area contributed by atoms with Gasteiger partial charge in [0.1, 0.15) is 5.82 Å². The minimum atomic E-state index is -0.714. The second kappa shape index (κ2) is 10.1. The van der Waals surface area contributed by atoms with Gasteiger partial charge in [0.2, 0.25) is 11.7 Å². The van der Waals surface area contributed by atoms with Crippen molar-refractivity contribution in [1.29, 1.82) is 0 Å². The number of ketones is 1. The van der Waals surface area contributed by atoms with Gasteiger partial charge in [-0.3, -0.25) is 14.6 Å². The predicted molar refractivity (Wildman–Crippen MR) is 141 cm³/mol. The van der Waals surface area contributed by atoms with Crippen LogP contribution in [0.1, 0.15) is 50.6 Å². The van der Waals surface area contributed by atoms with Crippen LogP contribution in [-0.4, -0.2) is 39.2 Å². The summed E-state index contributed by atoms with van der Waals surface area (Å²) in [6.07, 6.45) is 4.02. The van der Waals surface area contributed by atoms with E-state index in [9.17, 15) is 9.59 Å². The van der Waals surface area contributed by atoms with E-state index in [1.54, 1.807) is 24.4 Å². The molecule has 2 aliphatic rings. The molecule has 2 aromatic heterocycles. The smallest absolute Gasteiger partial charge is 0.282 e. The van der Waals surface area contributed by atoms with Crippen LogP contribution in [0.2, 0.25) is 0 Å². The summed E-state index contributed by atoms with van der Waals surface area (Å²) in [4.78, 5) is 42.3. The van der Waals surface area contributed by atoms with Gasteiger partial charge in [-0.2, -0.15) is 0 Å². The lowest BCUT2D eigenvalue weighted by Gasteiger charge is -2.47. The summed E-state index contributed by atoms with van der Waals surface area (Å²) in [5, 5.41) is 2.78. The average molecular weight is 512 g/mol. The lowest BCUT2D eigenvalue weighted by molar-refractivity contribution is -0.129. The van der Waals surface area contributed by atoms with Crippen molar-refractivity contribution in [3.63, 3.8) is 0 Å². The Morgan fingerprint density at radius 2 is 2.05 bits per heavy atom. The number of rotatable bonds is 5. The van der Waals surface area contributed by atoms with Crippen LogP contribution < -0.4 is 5.32 Å². The summed E-state index contributed by atoms with van der Waals surface area (Å²) >= 11 is 0. The molecule has 1 unspecified atom stereocenters. The Hall–Kier alpha value is -3.99. The van der Waals surface area contributed by atoms with E-state index < -0.39 is 11.5 Å². The molecule has 1 amide bonds. The summed E-state index contributed by atoms with van der Waals surface area (Å²) in [6.45, 7) is 13.6. The van der Waals surface area contributed by atoms with Crippen LogP contribution in [0, 0.1) is 24.2 Å². The van der Waals surface area contributed by atoms with Gasteiger partial charge in [-0.25, -0.2) is 20.9 Å². The molecular weight excluding hydrogens is 481 g/mol. The van der Waals surface area contributed by atoms with Gasteiger partial charge >= 0.3 is 0 Å². The highest BCUT2D eigenvalue weighted by molar-refractivity contribution is 5.89. The lowest BCUT2D eigenvalue weighted by Crippen LogP contribution is -2.52. The van der Waals surface area contributed by atoms with Gasteiger partial charge < -0.3 is 10.2 Å². The Kier molecular flexibility index (Phi) is 6.78. The maximum Gasteiger partial charge on any atom is 0.282 e. The number of pyridine rings is 1. The van der Waals surface area contributed by atoms with Crippen molar-refractivity contribution in [2.45, 2.75) is 57.9 Å². The van der Waals surface area contributed by atoms with E-state index in [0.717, 1.165) is 28.9 Å². The van der Waals surface area contributed by atoms with Crippen LogP contribution in [-0.2, 0) is 27.8 Å². The summed E-state index contributed by atoms with van der Waals surface area (Å²) in [6, 6.07) is 9.62. The molecule has 3 aromatic rings. The molecule has 1 aromatic carbocycles. The highest BCUT2D eigenvalue weighted by atomic mass is 19.1. The Bertz CT molecular complexity index is 1470. The molecule has 0 spiro atoms. The van der Waals surface area contributed by atoms with Crippen molar-refractivity contribution in [1.82, 2.24) is 20.3 Å². The number of benzene rings is 1. The van der Waals surface area contributed by atoms with Crippen molar-refractivity contribution < 1.29 is 14.0 Å². The molecule has 0 radical (unpaired) electrons.